The lowest BCUT2D eigenvalue weighted by atomic mass is 10.1. The minimum Gasteiger partial charge on any atom is -0.462 e. The number of anilines is 1. The van der Waals surface area contributed by atoms with Crippen LogP contribution in [0.4, 0.5) is 5.00 Å². The zero-order chi connectivity index (χ0) is 17.1. The van der Waals surface area contributed by atoms with Gasteiger partial charge in [0.1, 0.15) is 5.00 Å². The molecule has 0 bridgehead atoms. The van der Waals surface area contributed by atoms with Crippen molar-refractivity contribution in [3.05, 3.63) is 45.8 Å². The van der Waals surface area contributed by atoms with Crippen molar-refractivity contribution < 1.29 is 14.3 Å². The Morgan fingerprint density at radius 3 is 2.83 bits per heavy atom. The number of aryl methyl sites for hydroxylation is 1. The van der Waals surface area contributed by atoms with Crippen molar-refractivity contribution in [2.24, 2.45) is 0 Å². The maximum atomic E-state index is 12.7. The number of fused-ring (bicyclic) bond motifs is 1. The summed E-state index contributed by atoms with van der Waals surface area (Å²) in [5, 5.41) is 3.55. The molecule has 1 N–H and O–H groups in total. The van der Waals surface area contributed by atoms with E-state index in [4.69, 9.17) is 4.74 Å². The van der Waals surface area contributed by atoms with Crippen molar-refractivity contribution in [3.8, 4) is 0 Å². The van der Waals surface area contributed by atoms with E-state index in [9.17, 15) is 9.59 Å². The normalized spacial score (nSPS) is 12.8. The number of hydrogen-bond donors (Lipinski definition) is 1. The van der Waals surface area contributed by atoms with Crippen molar-refractivity contribution in [1.82, 2.24) is 0 Å². The molecule has 0 aliphatic heterocycles. The van der Waals surface area contributed by atoms with Crippen molar-refractivity contribution >= 4 is 40.0 Å². The number of carbonyl (C=O) groups excluding carboxylic acids is 2. The summed E-state index contributed by atoms with van der Waals surface area (Å²) >= 11 is 3.03. The second-order valence-electron chi connectivity index (χ2n) is 5.44. The van der Waals surface area contributed by atoms with Crippen LogP contribution in [0.15, 0.2) is 29.2 Å². The SMILES string of the molecule is CCOC(=O)c1c(NC(=O)c2ccccc2SC)sc2c1CCC2. The third kappa shape index (κ3) is 3.21. The predicted octanol–water partition coefficient (Wildman–Crippen LogP) is 4.39. The fourth-order valence-corrected chi connectivity index (χ4v) is 4.78. The molecule has 1 aliphatic carbocycles. The highest BCUT2D eigenvalue weighted by atomic mass is 32.2. The lowest BCUT2D eigenvalue weighted by Crippen LogP contribution is -2.15. The zero-order valence-corrected chi connectivity index (χ0v) is 15.3. The van der Waals surface area contributed by atoms with Crippen molar-refractivity contribution in [2.75, 3.05) is 18.2 Å². The molecule has 0 spiro atoms. The quantitative estimate of drug-likeness (QED) is 0.634. The second kappa shape index (κ2) is 7.40. The van der Waals surface area contributed by atoms with Gasteiger partial charge in [0.25, 0.3) is 5.91 Å². The summed E-state index contributed by atoms with van der Waals surface area (Å²) in [6.45, 7) is 2.11. The van der Waals surface area contributed by atoms with Crippen LogP contribution in [0.5, 0.6) is 0 Å². The topological polar surface area (TPSA) is 55.4 Å². The van der Waals surface area contributed by atoms with Gasteiger partial charge in [0.15, 0.2) is 0 Å². The van der Waals surface area contributed by atoms with E-state index in [0.717, 1.165) is 29.7 Å². The molecule has 1 aromatic carbocycles. The molecule has 4 nitrogen and oxygen atoms in total. The number of esters is 1. The Balaban J connectivity index is 1.93. The smallest absolute Gasteiger partial charge is 0.341 e. The molecule has 0 atom stereocenters. The van der Waals surface area contributed by atoms with E-state index in [1.807, 2.05) is 24.5 Å². The molecule has 6 heteroatoms. The number of nitrogens with one attached hydrogen (secondary N) is 1. The standard InChI is InChI=1S/C18H19NO3S2/c1-3-22-18(21)15-11-8-6-10-14(11)24-17(15)19-16(20)12-7-4-5-9-13(12)23-2/h4-5,7,9H,3,6,8,10H2,1-2H3,(H,19,20). The summed E-state index contributed by atoms with van der Waals surface area (Å²) in [4.78, 5) is 27.1. The number of thiophene rings is 1. The summed E-state index contributed by atoms with van der Waals surface area (Å²) in [5.41, 5.74) is 2.21. The number of hydrogen-bond acceptors (Lipinski definition) is 5. The fourth-order valence-electron chi connectivity index (χ4n) is 2.91. The molecule has 0 saturated carbocycles. The van der Waals surface area contributed by atoms with Gasteiger partial charge in [-0.1, -0.05) is 12.1 Å². The molecular formula is C18H19NO3S2. The van der Waals surface area contributed by atoms with Crippen LogP contribution >= 0.6 is 23.1 Å². The fraction of sp³-hybridized carbons (Fsp3) is 0.333. The molecular weight excluding hydrogens is 342 g/mol. The van der Waals surface area contributed by atoms with E-state index >= 15 is 0 Å². The molecule has 1 amide bonds. The van der Waals surface area contributed by atoms with Crippen molar-refractivity contribution in [2.45, 2.75) is 31.1 Å². The van der Waals surface area contributed by atoms with Gasteiger partial charge in [0.2, 0.25) is 0 Å². The minimum absolute atomic E-state index is 0.189. The van der Waals surface area contributed by atoms with Gasteiger partial charge >= 0.3 is 5.97 Å². The Morgan fingerprint density at radius 2 is 2.08 bits per heavy atom. The largest absolute Gasteiger partial charge is 0.462 e. The van der Waals surface area contributed by atoms with Crippen LogP contribution in [0.2, 0.25) is 0 Å². The minimum atomic E-state index is -0.342. The third-order valence-corrected chi connectivity index (χ3v) is 5.98. The van der Waals surface area contributed by atoms with E-state index in [0.29, 0.717) is 22.7 Å². The van der Waals surface area contributed by atoms with Gasteiger partial charge in [-0.2, -0.15) is 0 Å². The number of carbonyl (C=O) groups is 2. The molecule has 24 heavy (non-hydrogen) atoms. The molecule has 0 unspecified atom stereocenters. The number of rotatable bonds is 5. The summed E-state index contributed by atoms with van der Waals surface area (Å²) in [6, 6.07) is 7.47. The molecule has 0 fully saturated rings. The first-order chi connectivity index (χ1) is 11.7. The lowest BCUT2D eigenvalue weighted by molar-refractivity contribution is 0.0527. The second-order valence-corrected chi connectivity index (χ2v) is 7.39. The van der Waals surface area contributed by atoms with Gasteiger partial charge in [-0.25, -0.2) is 4.79 Å². The van der Waals surface area contributed by atoms with Crippen LogP contribution in [-0.2, 0) is 17.6 Å². The van der Waals surface area contributed by atoms with Gasteiger partial charge < -0.3 is 10.1 Å². The van der Waals surface area contributed by atoms with E-state index < -0.39 is 0 Å². The van der Waals surface area contributed by atoms with E-state index in [1.54, 1.807) is 13.0 Å². The molecule has 2 aromatic rings. The van der Waals surface area contributed by atoms with Crippen LogP contribution in [-0.4, -0.2) is 24.7 Å². The Bertz CT molecular complexity index is 783. The van der Waals surface area contributed by atoms with Crippen LogP contribution in [0.3, 0.4) is 0 Å². The number of amides is 1. The van der Waals surface area contributed by atoms with E-state index in [1.165, 1.54) is 28.0 Å². The molecule has 1 aliphatic rings. The summed E-state index contributed by atoms with van der Waals surface area (Å²) in [7, 11) is 0. The first-order valence-corrected chi connectivity index (χ1v) is 9.95. The molecule has 0 radical (unpaired) electrons. The highest BCUT2D eigenvalue weighted by molar-refractivity contribution is 7.98. The first kappa shape index (κ1) is 17.0. The molecule has 1 heterocycles. The van der Waals surface area contributed by atoms with Crippen LogP contribution in [0.25, 0.3) is 0 Å². The Labute approximate surface area is 149 Å². The first-order valence-electron chi connectivity index (χ1n) is 7.91. The Morgan fingerprint density at radius 1 is 1.29 bits per heavy atom. The highest BCUT2D eigenvalue weighted by Gasteiger charge is 2.28. The lowest BCUT2D eigenvalue weighted by Gasteiger charge is -2.10. The van der Waals surface area contributed by atoms with Gasteiger partial charge in [0.05, 0.1) is 17.7 Å². The summed E-state index contributed by atoms with van der Waals surface area (Å²) in [6.07, 6.45) is 4.83. The zero-order valence-electron chi connectivity index (χ0n) is 13.7. The Kier molecular flexibility index (Phi) is 5.26. The summed E-state index contributed by atoms with van der Waals surface area (Å²) < 4.78 is 5.20. The maximum Gasteiger partial charge on any atom is 0.341 e. The number of benzene rings is 1. The maximum absolute atomic E-state index is 12.7. The molecule has 0 saturated heterocycles. The molecule has 3 rings (SSSR count). The third-order valence-electron chi connectivity index (χ3n) is 3.98. The highest BCUT2D eigenvalue weighted by Crippen LogP contribution is 2.39. The van der Waals surface area contributed by atoms with Crippen molar-refractivity contribution in [3.63, 3.8) is 0 Å². The van der Waals surface area contributed by atoms with Gasteiger partial charge in [-0.3, -0.25) is 4.79 Å². The average Bonchev–Trinajstić information content (AvgIpc) is 3.15. The Hall–Kier alpha value is -1.79. The molecule has 1 aromatic heterocycles. The predicted molar refractivity (Wildman–Crippen MR) is 98.5 cm³/mol. The monoisotopic (exact) mass is 361 g/mol. The van der Waals surface area contributed by atoms with E-state index in [2.05, 4.69) is 5.32 Å². The van der Waals surface area contributed by atoms with Crippen molar-refractivity contribution in [1.29, 1.82) is 0 Å². The van der Waals surface area contributed by atoms with Gasteiger partial charge in [0, 0.05) is 9.77 Å². The summed E-state index contributed by atoms with van der Waals surface area (Å²) in [5.74, 6) is -0.532. The number of thioether (sulfide) groups is 1. The van der Waals surface area contributed by atoms with Crippen LogP contribution < -0.4 is 5.32 Å². The van der Waals surface area contributed by atoms with Crippen LogP contribution in [0, 0.1) is 0 Å². The van der Waals surface area contributed by atoms with Gasteiger partial charge in [-0.05, 0) is 50.1 Å². The van der Waals surface area contributed by atoms with E-state index in [-0.39, 0.29) is 11.9 Å². The number of ether oxygens (including phenoxy) is 1. The molecule has 126 valence electrons. The average molecular weight is 361 g/mol. The van der Waals surface area contributed by atoms with Crippen LogP contribution in [0.1, 0.15) is 44.5 Å². The van der Waals surface area contributed by atoms with Gasteiger partial charge in [-0.15, -0.1) is 23.1 Å².